The van der Waals surface area contributed by atoms with Crippen molar-refractivity contribution < 1.29 is 13.2 Å². The average Bonchev–Trinajstić information content (AvgIpc) is 3.08. The predicted molar refractivity (Wildman–Crippen MR) is 100 cm³/mol. The molecule has 0 atom stereocenters. The summed E-state index contributed by atoms with van der Waals surface area (Å²) in [6.07, 6.45) is 1.15. The molecule has 2 heterocycles. The van der Waals surface area contributed by atoms with E-state index in [1.807, 2.05) is 32.0 Å². The molecule has 0 aliphatic carbocycles. The van der Waals surface area contributed by atoms with E-state index in [2.05, 4.69) is 5.32 Å². The Hall–Kier alpha value is -1.70. The second-order valence-electron chi connectivity index (χ2n) is 6.65. The first-order valence-corrected chi connectivity index (χ1v) is 10.6. The van der Waals surface area contributed by atoms with Gasteiger partial charge in [0.05, 0.1) is 0 Å². The van der Waals surface area contributed by atoms with E-state index in [0.29, 0.717) is 36.1 Å². The third-order valence-electron chi connectivity index (χ3n) is 4.15. The summed E-state index contributed by atoms with van der Waals surface area (Å²) in [5, 5.41) is 4.67. The lowest BCUT2D eigenvalue weighted by Crippen LogP contribution is -2.35. The molecule has 0 unspecified atom stereocenters. The van der Waals surface area contributed by atoms with E-state index in [4.69, 9.17) is 0 Å². The monoisotopic (exact) mass is 378 g/mol. The third-order valence-corrected chi connectivity index (χ3v) is 7.37. The minimum absolute atomic E-state index is 0.0196. The molecule has 7 heteroatoms. The van der Waals surface area contributed by atoms with Crippen LogP contribution in [0.5, 0.6) is 0 Å². The van der Waals surface area contributed by atoms with E-state index in [-0.39, 0.29) is 5.91 Å². The Kier molecular flexibility index (Phi) is 5.27. The van der Waals surface area contributed by atoms with Gasteiger partial charge >= 0.3 is 0 Å². The highest BCUT2D eigenvalue weighted by atomic mass is 32.2. The van der Waals surface area contributed by atoms with Gasteiger partial charge in [0.2, 0.25) is 5.91 Å². The number of nitrogens with one attached hydrogen (secondary N) is 1. The highest BCUT2D eigenvalue weighted by molar-refractivity contribution is 7.91. The number of rotatable bonds is 5. The fraction of sp³-hybridized carbons (Fsp3) is 0.389. The Balaban J connectivity index is 1.78. The summed E-state index contributed by atoms with van der Waals surface area (Å²) in [6.45, 7) is 4.81. The van der Waals surface area contributed by atoms with Gasteiger partial charge in [-0.1, -0.05) is 26.0 Å². The third kappa shape index (κ3) is 4.11. The molecule has 25 heavy (non-hydrogen) atoms. The first-order chi connectivity index (χ1) is 11.9. The molecule has 1 aromatic heterocycles. The number of anilines is 1. The molecule has 1 N–H and O–H groups in total. The van der Waals surface area contributed by atoms with Crippen molar-refractivity contribution in [2.45, 2.75) is 37.4 Å². The summed E-state index contributed by atoms with van der Waals surface area (Å²) < 4.78 is 27.3. The zero-order chi connectivity index (χ0) is 18.0. The van der Waals surface area contributed by atoms with Gasteiger partial charge < -0.3 is 5.32 Å². The molecule has 5 nitrogen and oxygen atoms in total. The number of hydrogen-bond donors (Lipinski definition) is 1. The zero-order valence-electron chi connectivity index (χ0n) is 14.4. The van der Waals surface area contributed by atoms with Gasteiger partial charge in [-0.05, 0) is 47.0 Å². The van der Waals surface area contributed by atoms with Crippen molar-refractivity contribution in [3.63, 3.8) is 0 Å². The molecule has 1 aromatic carbocycles. The number of amides is 1. The van der Waals surface area contributed by atoms with Gasteiger partial charge in [0.1, 0.15) is 4.21 Å². The maximum atomic E-state index is 12.7. The van der Waals surface area contributed by atoms with E-state index >= 15 is 0 Å². The summed E-state index contributed by atoms with van der Waals surface area (Å²) in [4.78, 5) is 12.0. The van der Waals surface area contributed by atoms with Crippen LogP contribution in [0, 0.1) is 5.92 Å². The van der Waals surface area contributed by atoms with Crippen molar-refractivity contribution in [2.24, 2.45) is 5.92 Å². The number of fused-ring (bicyclic) bond motifs is 1. The van der Waals surface area contributed by atoms with E-state index < -0.39 is 10.0 Å². The second kappa shape index (κ2) is 7.27. The van der Waals surface area contributed by atoms with Gasteiger partial charge in [-0.25, -0.2) is 8.42 Å². The van der Waals surface area contributed by atoms with Crippen molar-refractivity contribution in [3.8, 4) is 0 Å². The first kappa shape index (κ1) is 18.1. The lowest BCUT2D eigenvalue weighted by atomic mass is 10.0. The standard InChI is InChI=1S/C18H22N2O3S2/c1-13(2)10-17(21)19-16-6-5-14-7-8-20(12-15(14)11-16)25(22,23)18-4-3-9-24-18/h3-6,9,11,13H,7-8,10,12H2,1-2H3,(H,19,21). The molecule has 1 amide bonds. The van der Waals surface area contributed by atoms with Crippen LogP contribution in [-0.2, 0) is 27.8 Å². The van der Waals surface area contributed by atoms with Crippen molar-refractivity contribution >= 4 is 33.0 Å². The van der Waals surface area contributed by atoms with Crippen LogP contribution in [-0.4, -0.2) is 25.2 Å². The average molecular weight is 379 g/mol. The van der Waals surface area contributed by atoms with Crippen LogP contribution in [0.2, 0.25) is 0 Å². The normalized spacial score (nSPS) is 15.2. The highest BCUT2D eigenvalue weighted by Gasteiger charge is 2.29. The summed E-state index contributed by atoms with van der Waals surface area (Å²) in [6, 6.07) is 9.15. The van der Waals surface area contributed by atoms with Crippen LogP contribution >= 0.6 is 11.3 Å². The van der Waals surface area contributed by atoms with Gasteiger partial charge in [0.15, 0.2) is 0 Å². The van der Waals surface area contributed by atoms with E-state index in [0.717, 1.165) is 16.8 Å². The van der Waals surface area contributed by atoms with Crippen LogP contribution in [0.25, 0.3) is 0 Å². The van der Waals surface area contributed by atoms with Crippen LogP contribution in [0.1, 0.15) is 31.4 Å². The van der Waals surface area contributed by atoms with Crippen molar-refractivity contribution in [2.75, 3.05) is 11.9 Å². The number of hydrogen-bond acceptors (Lipinski definition) is 4. The van der Waals surface area contributed by atoms with E-state index in [9.17, 15) is 13.2 Å². The molecule has 0 spiro atoms. The van der Waals surface area contributed by atoms with Crippen LogP contribution in [0.15, 0.2) is 39.9 Å². The molecule has 0 bridgehead atoms. The Morgan fingerprint density at radius 1 is 1.28 bits per heavy atom. The van der Waals surface area contributed by atoms with Crippen molar-refractivity contribution in [3.05, 3.63) is 46.8 Å². The molecule has 134 valence electrons. The lowest BCUT2D eigenvalue weighted by Gasteiger charge is -2.28. The Morgan fingerprint density at radius 3 is 2.76 bits per heavy atom. The number of thiophene rings is 1. The van der Waals surface area contributed by atoms with Crippen LogP contribution in [0.3, 0.4) is 0 Å². The molecular weight excluding hydrogens is 356 g/mol. The fourth-order valence-electron chi connectivity index (χ4n) is 2.93. The molecule has 1 aliphatic heterocycles. The largest absolute Gasteiger partial charge is 0.326 e. The smallest absolute Gasteiger partial charge is 0.252 e. The summed E-state index contributed by atoms with van der Waals surface area (Å²) in [7, 11) is -3.45. The van der Waals surface area contributed by atoms with Crippen molar-refractivity contribution in [1.29, 1.82) is 0 Å². The van der Waals surface area contributed by atoms with Crippen LogP contribution in [0.4, 0.5) is 5.69 Å². The topological polar surface area (TPSA) is 66.5 Å². The molecule has 1 aliphatic rings. The maximum Gasteiger partial charge on any atom is 0.252 e. The molecule has 0 radical (unpaired) electrons. The molecule has 0 fully saturated rings. The molecule has 0 saturated heterocycles. The minimum Gasteiger partial charge on any atom is -0.326 e. The first-order valence-electron chi connectivity index (χ1n) is 8.31. The SMILES string of the molecule is CC(C)CC(=O)Nc1ccc2c(c1)CN(S(=O)(=O)c1cccs1)CC2. The fourth-order valence-corrected chi connectivity index (χ4v) is 5.50. The number of carbonyl (C=O) groups excluding carboxylic acids is 1. The number of sulfonamides is 1. The second-order valence-corrected chi connectivity index (χ2v) is 9.76. The van der Waals surface area contributed by atoms with Gasteiger partial charge in [0, 0.05) is 25.2 Å². The molecule has 3 rings (SSSR count). The number of carbonyl (C=O) groups is 1. The summed E-state index contributed by atoms with van der Waals surface area (Å²) in [5.74, 6) is 0.276. The van der Waals surface area contributed by atoms with Gasteiger partial charge in [-0.15, -0.1) is 11.3 Å². The predicted octanol–water partition coefficient (Wildman–Crippen LogP) is 3.48. The zero-order valence-corrected chi connectivity index (χ0v) is 16.0. The van der Waals surface area contributed by atoms with Gasteiger partial charge in [-0.2, -0.15) is 4.31 Å². The van der Waals surface area contributed by atoms with E-state index in [1.54, 1.807) is 17.5 Å². The van der Waals surface area contributed by atoms with Crippen LogP contribution < -0.4 is 5.32 Å². The van der Waals surface area contributed by atoms with E-state index in [1.165, 1.54) is 15.6 Å². The highest BCUT2D eigenvalue weighted by Crippen LogP contribution is 2.28. The quantitative estimate of drug-likeness (QED) is 0.866. The Bertz CT molecular complexity index is 858. The van der Waals surface area contributed by atoms with Gasteiger partial charge in [-0.3, -0.25) is 4.79 Å². The van der Waals surface area contributed by atoms with Crippen molar-refractivity contribution in [1.82, 2.24) is 4.31 Å². The molecule has 2 aromatic rings. The minimum atomic E-state index is -3.45. The lowest BCUT2D eigenvalue weighted by molar-refractivity contribution is -0.116. The number of nitrogens with zero attached hydrogens (tertiary/aromatic N) is 1. The Morgan fingerprint density at radius 2 is 2.08 bits per heavy atom. The maximum absolute atomic E-state index is 12.7. The summed E-state index contributed by atoms with van der Waals surface area (Å²) >= 11 is 1.24. The molecular formula is C18H22N2O3S2. The Labute approximate surface area is 152 Å². The molecule has 0 saturated carbocycles. The number of benzene rings is 1. The summed E-state index contributed by atoms with van der Waals surface area (Å²) in [5.41, 5.74) is 2.81. The van der Waals surface area contributed by atoms with Gasteiger partial charge in [0.25, 0.3) is 10.0 Å².